The van der Waals surface area contributed by atoms with Gasteiger partial charge in [-0.3, -0.25) is 0 Å². The standard InChI is InChI=1S/C17H12BrN3O/c1-9-15(12-8-10(18)6-7-14(12)19-9)17-16(21-22)11-4-2-3-5-13(11)20-17/h2-8,19-20,22H,1H2/b17-15+,21-16+. The van der Waals surface area contributed by atoms with E-state index < -0.39 is 0 Å². The van der Waals surface area contributed by atoms with Crippen LogP contribution < -0.4 is 15.9 Å². The minimum atomic E-state index is 0.529. The Morgan fingerprint density at radius 2 is 1.95 bits per heavy atom. The molecule has 0 fully saturated rings. The van der Waals surface area contributed by atoms with Crippen molar-refractivity contribution in [2.24, 2.45) is 5.16 Å². The van der Waals surface area contributed by atoms with E-state index in [1.807, 2.05) is 42.5 Å². The van der Waals surface area contributed by atoms with Crippen LogP contribution in [0.3, 0.4) is 0 Å². The van der Waals surface area contributed by atoms with E-state index in [4.69, 9.17) is 0 Å². The van der Waals surface area contributed by atoms with Gasteiger partial charge < -0.3 is 15.5 Å². The number of benzene rings is 2. The first-order valence-corrected chi connectivity index (χ1v) is 7.57. The molecule has 1 aromatic heterocycles. The van der Waals surface area contributed by atoms with Crippen molar-refractivity contribution in [3.05, 3.63) is 63.1 Å². The van der Waals surface area contributed by atoms with E-state index in [9.17, 15) is 5.21 Å². The van der Waals surface area contributed by atoms with Crippen LogP contribution in [-0.4, -0.2) is 15.9 Å². The number of aromatic nitrogens is 1. The summed E-state index contributed by atoms with van der Waals surface area (Å²) < 4.78 is 0.985. The van der Waals surface area contributed by atoms with Gasteiger partial charge in [0.1, 0.15) is 5.71 Å². The summed E-state index contributed by atoms with van der Waals surface area (Å²) >= 11 is 3.50. The molecule has 1 aliphatic heterocycles. The second-order valence-electron chi connectivity index (χ2n) is 5.16. The molecule has 2 heterocycles. The summed E-state index contributed by atoms with van der Waals surface area (Å²) in [6, 6.07) is 13.8. The lowest BCUT2D eigenvalue weighted by molar-refractivity contribution is 0.320. The van der Waals surface area contributed by atoms with Crippen molar-refractivity contribution in [2.75, 3.05) is 5.32 Å². The van der Waals surface area contributed by atoms with E-state index >= 15 is 0 Å². The third kappa shape index (κ3) is 1.79. The number of para-hydroxylation sites is 1. The Labute approximate surface area is 134 Å². The van der Waals surface area contributed by atoms with Crippen LogP contribution in [0.1, 0.15) is 5.56 Å². The Kier molecular flexibility index (Phi) is 2.84. The van der Waals surface area contributed by atoms with Gasteiger partial charge in [0.2, 0.25) is 0 Å². The molecule has 0 aliphatic carbocycles. The molecule has 4 rings (SSSR count). The molecule has 2 aromatic carbocycles. The highest BCUT2D eigenvalue weighted by Gasteiger charge is 2.24. The van der Waals surface area contributed by atoms with Crippen molar-refractivity contribution in [1.82, 2.24) is 4.98 Å². The molecule has 0 atom stereocenters. The predicted molar refractivity (Wildman–Crippen MR) is 92.6 cm³/mol. The molecule has 0 amide bonds. The van der Waals surface area contributed by atoms with Gasteiger partial charge in [0.05, 0.1) is 5.70 Å². The highest BCUT2D eigenvalue weighted by atomic mass is 79.9. The Hall–Kier alpha value is -2.53. The summed E-state index contributed by atoms with van der Waals surface area (Å²) in [7, 11) is 0. The molecule has 0 spiro atoms. The molecule has 5 heteroatoms. The van der Waals surface area contributed by atoms with Gasteiger partial charge in [-0.25, -0.2) is 0 Å². The van der Waals surface area contributed by atoms with Gasteiger partial charge in [0.15, 0.2) is 0 Å². The van der Waals surface area contributed by atoms with Crippen molar-refractivity contribution in [2.45, 2.75) is 0 Å². The quantitative estimate of drug-likeness (QED) is 0.430. The molecular formula is C17H12BrN3O. The number of H-pyrrole nitrogens is 1. The van der Waals surface area contributed by atoms with Gasteiger partial charge in [0, 0.05) is 37.2 Å². The van der Waals surface area contributed by atoms with Crippen LogP contribution >= 0.6 is 15.9 Å². The zero-order chi connectivity index (χ0) is 15.3. The average Bonchev–Trinajstić information content (AvgIpc) is 3.03. The fourth-order valence-electron chi connectivity index (χ4n) is 2.92. The van der Waals surface area contributed by atoms with Crippen LogP contribution in [0, 0.1) is 0 Å². The first-order chi connectivity index (χ1) is 10.7. The molecule has 0 saturated heterocycles. The van der Waals surface area contributed by atoms with Gasteiger partial charge in [0.25, 0.3) is 0 Å². The molecule has 0 bridgehead atoms. The lowest BCUT2D eigenvalue weighted by Crippen LogP contribution is -2.28. The number of nitrogens with zero attached hydrogens (tertiary/aromatic N) is 1. The Balaban J connectivity index is 2.15. The fraction of sp³-hybridized carbons (Fsp3) is 0. The van der Waals surface area contributed by atoms with Gasteiger partial charge in [-0.15, -0.1) is 0 Å². The largest absolute Gasteiger partial charge is 0.410 e. The maximum atomic E-state index is 9.49. The topological polar surface area (TPSA) is 60.4 Å². The number of rotatable bonds is 0. The highest BCUT2D eigenvalue weighted by molar-refractivity contribution is 9.10. The van der Waals surface area contributed by atoms with E-state index in [0.717, 1.165) is 42.9 Å². The maximum Gasteiger partial charge on any atom is 0.136 e. The first kappa shape index (κ1) is 13.2. The van der Waals surface area contributed by atoms with E-state index in [-0.39, 0.29) is 0 Å². The monoisotopic (exact) mass is 353 g/mol. The van der Waals surface area contributed by atoms with E-state index in [0.29, 0.717) is 5.71 Å². The second-order valence-corrected chi connectivity index (χ2v) is 6.08. The van der Waals surface area contributed by atoms with Gasteiger partial charge in [-0.2, -0.15) is 0 Å². The van der Waals surface area contributed by atoms with Crippen LogP contribution in [0.15, 0.2) is 52.1 Å². The fourth-order valence-corrected chi connectivity index (χ4v) is 3.28. The summed E-state index contributed by atoms with van der Waals surface area (Å²) in [4.78, 5) is 3.27. The number of oxime groups is 1. The molecule has 0 unspecified atom stereocenters. The Morgan fingerprint density at radius 1 is 1.14 bits per heavy atom. The van der Waals surface area contributed by atoms with Crippen molar-refractivity contribution in [3.63, 3.8) is 0 Å². The molecule has 22 heavy (non-hydrogen) atoms. The number of halogens is 1. The van der Waals surface area contributed by atoms with Gasteiger partial charge in [-0.1, -0.05) is 45.9 Å². The first-order valence-electron chi connectivity index (χ1n) is 6.78. The van der Waals surface area contributed by atoms with E-state index in [2.05, 4.69) is 38.0 Å². The highest BCUT2D eigenvalue weighted by Crippen LogP contribution is 2.28. The van der Waals surface area contributed by atoms with E-state index in [1.54, 1.807) is 0 Å². The minimum Gasteiger partial charge on any atom is -0.410 e. The minimum absolute atomic E-state index is 0.529. The molecule has 3 aromatic rings. The second kappa shape index (κ2) is 4.74. The summed E-state index contributed by atoms with van der Waals surface area (Å²) in [5, 5.41) is 19.1. The molecular weight excluding hydrogens is 342 g/mol. The van der Waals surface area contributed by atoms with Crippen LogP contribution in [-0.2, 0) is 0 Å². The van der Waals surface area contributed by atoms with Crippen LogP contribution in [0.4, 0.5) is 5.69 Å². The number of aromatic amines is 1. The maximum absolute atomic E-state index is 9.49. The Morgan fingerprint density at radius 3 is 2.77 bits per heavy atom. The van der Waals surface area contributed by atoms with Crippen molar-refractivity contribution in [3.8, 4) is 0 Å². The van der Waals surface area contributed by atoms with Crippen molar-refractivity contribution < 1.29 is 5.21 Å². The summed E-state index contributed by atoms with van der Waals surface area (Å²) in [5.41, 5.74) is 4.09. The molecule has 3 N–H and O–H groups in total. The van der Waals surface area contributed by atoms with Crippen LogP contribution in [0.5, 0.6) is 0 Å². The van der Waals surface area contributed by atoms with Gasteiger partial charge in [-0.05, 0) is 24.3 Å². The third-order valence-corrected chi connectivity index (χ3v) is 4.36. The SMILES string of the molecule is C=c1[nH]c2ccc(Br)cc2/c1=C1/Nc2ccccc2/C1=N\O. The summed E-state index contributed by atoms with van der Waals surface area (Å²) in [5.74, 6) is 0. The van der Waals surface area contributed by atoms with Crippen molar-refractivity contribution in [1.29, 1.82) is 0 Å². The number of fused-ring (bicyclic) bond motifs is 2. The average molecular weight is 354 g/mol. The Bertz CT molecular complexity index is 1050. The van der Waals surface area contributed by atoms with Crippen LogP contribution in [0.2, 0.25) is 0 Å². The smallest absolute Gasteiger partial charge is 0.136 e. The zero-order valence-electron chi connectivity index (χ0n) is 11.5. The molecule has 108 valence electrons. The molecule has 0 saturated carbocycles. The zero-order valence-corrected chi connectivity index (χ0v) is 13.1. The molecule has 1 aliphatic rings. The van der Waals surface area contributed by atoms with E-state index in [1.165, 1.54) is 0 Å². The number of hydrogen-bond acceptors (Lipinski definition) is 3. The van der Waals surface area contributed by atoms with Crippen LogP contribution in [0.25, 0.3) is 23.2 Å². The third-order valence-electron chi connectivity index (χ3n) is 3.87. The number of anilines is 1. The van der Waals surface area contributed by atoms with Crippen molar-refractivity contribution >= 4 is 50.5 Å². The normalized spacial score (nSPS) is 17.8. The lowest BCUT2D eigenvalue weighted by Gasteiger charge is -1.99. The molecule has 4 nitrogen and oxygen atoms in total. The lowest BCUT2D eigenvalue weighted by atomic mass is 10.1. The molecule has 0 radical (unpaired) electrons. The summed E-state index contributed by atoms with van der Waals surface area (Å²) in [6.45, 7) is 4.10. The number of hydrogen-bond donors (Lipinski definition) is 3. The predicted octanol–water partition coefficient (Wildman–Crippen LogP) is 2.75. The summed E-state index contributed by atoms with van der Waals surface area (Å²) in [6.07, 6.45) is 0. The van der Waals surface area contributed by atoms with Gasteiger partial charge >= 0.3 is 0 Å². The number of nitrogens with one attached hydrogen (secondary N) is 2.